The summed E-state index contributed by atoms with van der Waals surface area (Å²) in [7, 11) is 2.20. The summed E-state index contributed by atoms with van der Waals surface area (Å²) in [6.45, 7) is 8.76. The zero-order valence-electron chi connectivity index (χ0n) is 10.6. The normalized spacial score (nSPS) is 25.3. The molecule has 86 valence electrons. The Morgan fingerprint density at radius 1 is 1.47 bits per heavy atom. The van der Waals surface area contributed by atoms with Crippen molar-refractivity contribution in [3.63, 3.8) is 0 Å². The summed E-state index contributed by atoms with van der Waals surface area (Å²) in [6, 6.07) is 2.36. The van der Waals surface area contributed by atoms with E-state index in [1.54, 1.807) is 0 Å². The van der Waals surface area contributed by atoms with Crippen molar-refractivity contribution in [3.8, 4) is 6.07 Å². The minimum atomic E-state index is -0.145. The van der Waals surface area contributed by atoms with E-state index in [4.69, 9.17) is 5.26 Å². The van der Waals surface area contributed by atoms with Crippen LogP contribution in [0.1, 0.15) is 40.0 Å². The van der Waals surface area contributed by atoms with Gasteiger partial charge in [-0.1, -0.05) is 6.92 Å². The van der Waals surface area contributed by atoms with Crippen molar-refractivity contribution >= 4 is 0 Å². The lowest BCUT2D eigenvalue weighted by Gasteiger charge is -2.19. The van der Waals surface area contributed by atoms with Crippen molar-refractivity contribution < 1.29 is 0 Å². The van der Waals surface area contributed by atoms with Gasteiger partial charge in [0.2, 0.25) is 0 Å². The summed E-state index contributed by atoms with van der Waals surface area (Å²) < 4.78 is 0. The Hall–Kier alpha value is -0.550. The Labute approximate surface area is 94.3 Å². The molecule has 0 saturated heterocycles. The average molecular weight is 208 g/mol. The minimum absolute atomic E-state index is 0.145. The van der Waals surface area contributed by atoms with Gasteiger partial charge < -0.3 is 4.90 Å². The maximum absolute atomic E-state index is 8.89. The first kappa shape index (κ1) is 12.5. The Kier molecular flexibility index (Phi) is 4.16. The number of nitrogens with zero attached hydrogens (tertiary/aromatic N) is 2. The fourth-order valence-electron chi connectivity index (χ4n) is 1.99. The molecule has 2 heteroatoms. The molecule has 0 heterocycles. The first-order valence-corrected chi connectivity index (χ1v) is 6.04. The molecule has 0 spiro atoms. The third-order valence-electron chi connectivity index (χ3n) is 3.47. The molecular formula is C13H24N2. The number of nitriles is 1. The fraction of sp³-hybridized carbons (Fsp3) is 0.923. The van der Waals surface area contributed by atoms with Crippen molar-refractivity contribution in [1.29, 1.82) is 5.26 Å². The number of hydrogen-bond acceptors (Lipinski definition) is 2. The van der Waals surface area contributed by atoms with Crippen LogP contribution in [0.4, 0.5) is 0 Å². The van der Waals surface area contributed by atoms with Crippen LogP contribution >= 0.6 is 0 Å². The van der Waals surface area contributed by atoms with Gasteiger partial charge in [0.15, 0.2) is 0 Å². The molecule has 1 aliphatic carbocycles. The molecule has 0 aliphatic heterocycles. The zero-order chi connectivity index (χ0) is 11.5. The molecule has 0 amide bonds. The molecule has 1 aliphatic rings. The molecule has 1 fully saturated rings. The van der Waals surface area contributed by atoms with Gasteiger partial charge in [-0.3, -0.25) is 0 Å². The van der Waals surface area contributed by atoms with Gasteiger partial charge in [0.1, 0.15) is 0 Å². The van der Waals surface area contributed by atoms with Crippen LogP contribution in [0.15, 0.2) is 0 Å². The predicted octanol–water partition coefficient (Wildman–Crippen LogP) is 2.90. The van der Waals surface area contributed by atoms with Crippen molar-refractivity contribution in [2.24, 2.45) is 17.3 Å². The van der Waals surface area contributed by atoms with Crippen molar-refractivity contribution in [2.75, 3.05) is 20.1 Å². The van der Waals surface area contributed by atoms with E-state index in [1.165, 1.54) is 13.0 Å². The largest absolute Gasteiger partial charge is 0.306 e. The maximum Gasteiger partial charge on any atom is 0.0683 e. The van der Waals surface area contributed by atoms with Gasteiger partial charge in [-0.15, -0.1) is 0 Å². The molecule has 0 N–H and O–H groups in total. The SMILES string of the molecule is CC1CC1CN(C)CCCC(C)(C)C#N. The van der Waals surface area contributed by atoms with Crippen LogP contribution in [-0.2, 0) is 0 Å². The quantitative estimate of drug-likeness (QED) is 0.671. The van der Waals surface area contributed by atoms with Gasteiger partial charge in [0, 0.05) is 6.54 Å². The van der Waals surface area contributed by atoms with E-state index in [0.29, 0.717) is 0 Å². The van der Waals surface area contributed by atoms with Crippen molar-refractivity contribution in [2.45, 2.75) is 40.0 Å². The Morgan fingerprint density at radius 2 is 2.07 bits per heavy atom. The van der Waals surface area contributed by atoms with Crippen LogP contribution in [0.5, 0.6) is 0 Å². The molecule has 15 heavy (non-hydrogen) atoms. The first-order chi connectivity index (χ1) is 6.94. The first-order valence-electron chi connectivity index (χ1n) is 6.04. The molecule has 2 atom stereocenters. The summed E-state index contributed by atoms with van der Waals surface area (Å²) >= 11 is 0. The van der Waals surface area contributed by atoms with Crippen LogP contribution in [0.2, 0.25) is 0 Å². The van der Waals surface area contributed by atoms with E-state index in [9.17, 15) is 0 Å². The summed E-state index contributed by atoms with van der Waals surface area (Å²) in [5.74, 6) is 1.89. The van der Waals surface area contributed by atoms with E-state index in [2.05, 4.69) is 24.9 Å². The third-order valence-corrected chi connectivity index (χ3v) is 3.47. The van der Waals surface area contributed by atoms with Gasteiger partial charge >= 0.3 is 0 Å². The van der Waals surface area contributed by atoms with Crippen LogP contribution in [0.25, 0.3) is 0 Å². The molecule has 2 nitrogen and oxygen atoms in total. The Morgan fingerprint density at radius 3 is 2.53 bits per heavy atom. The average Bonchev–Trinajstić information content (AvgIpc) is 2.81. The summed E-state index contributed by atoms with van der Waals surface area (Å²) in [4.78, 5) is 2.42. The van der Waals surface area contributed by atoms with Gasteiger partial charge in [-0.05, 0) is 58.5 Å². The second kappa shape index (κ2) is 4.99. The second-order valence-corrected chi connectivity index (χ2v) is 5.83. The Balaban J connectivity index is 2.07. The van der Waals surface area contributed by atoms with Crippen LogP contribution in [0.3, 0.4) is 0 Å². The van der Waals surface area contributed by atoms with Gasteiger partial charge in [-0.25, -0.2) is 0 Å². The van der Waals surface area contributed by atoms with E-state index in [0.717, 1.165) is 31.2 Å². The summed E-state index contributed by atoms with van der Waals surface area (Å²) in [5.41, 5.74) is -0.145. The fourth-order valence-corrected chi connectivity index (χ4v) is 1.99. The standard InChI is InChI=1S/C13H24N2/c1-11-8-12(11)9-15(4)7-5-6-13(2,3)10-14/h11-12H,5-9H2,1-4H3. The summed E-state index contributed by atoms with van der Waals surface area (Å²) in [6.07, 6.45) is 3.56. The highest BCUT2D eigenvalue weighted by molar-refractivity contribution is 4.91. The number of hydrogen-bond donors (Lipinski definition) is 0. The molecule has 0 radical (unpaired) electrons. The van der Waals surface area contributed by atoms with Crippen LogP contribution < -0.4 is 0 Å². The molecule has 1 saturated carbocycles. The lowest BCUT2D eigenvalue weighted by atomic mass is 9.90. The maximum atomic E-state index is 8.89. The molecule has 0 bridgehead atoms. The highest BCUT2D eigenvalue weighted by Crippen LogP contribution is 2.38. The lowest BCUT2D eigenvalue weighted by Crippen LogP contribution is -2.23. The van der Waals surface area contributed by atoms with E-state index in [-0.39, 0.29) is 5.41 Å². The molecule has 0 aromatic carbocycles. The third kappa shape index (κ3) is 4.66. The highest BCUT2D eigenvalue weighted by atomic mass is 15.1. The minimum Gasteiger partial charge on any atom is -0.306 e. The molecule has 2 unspecified atom stereocenters. The zero-order valence-corrected chi connectivity index (χ0v) is 10.6. The number of rotatable bonds is 6. The Bertz CT molecular complexity index is 239. The lowest BCUT2D eigenvalue weighted by molar-refractivity contribution is 0.290. The smallest absolute Gasteiger partial charge is 0.0683 e. The van der Waals surface area contributed by atoms with Gasteiger partial charge in [0.25, 0.3) is 0 Å². The predicted molar refractivity (Wildman–Crippen MR) is 63.4 cm³/mol. The molecular weight excluding hydrogens is 184 g/mol. The highest BCUT2D eigenvalue weighted by Gasteiger charge is 2.32. The molecule has 0 aromatic rings. The van der Waals surface area contributed by atoms with E-state index in [1.807, 2.05) is 13.8 Å². The van der Waals surface area contributed by atoms with E-state index >= 15 is 0 Å². The molecule has 0 aromatic heterocycles. The monoisotopic (exact) mass is 208 g/mol. The van der Waals surface area contributed by atoms with Gasteiger partial charge in [-0.2, -0.15) is 5.26 Å². The van der Waals surface area contributed by atoms with Crippen molar-refractivity contribution in [1.82, 2.24) is 4.90 Å². The molecule has 1 rings (SSSR count). The van der Waals surface area contributed by atoms with Crippen molar-refractivity contribution in [3.05, 3.63) is 0 Å². The van der Waals surface area contributed by atoms with Crippen LogP contribution in [-0.4, -0.2) is 25.0 Å². The van der Waals surface area contributed by atoms with E-state index < -0.39 is 0 Å². The van der Waals surface area contributed by atoms with Gasteiger partial charge in [0.05, 0.1) is 11.5 Å². The van der Waals surface area contributed by atoms with Crippen LogP contribution in [0, 0.1) is 28.6 Å². The topological polar surface area (TPSA) is 27.0 Å². The summed E-state index contributed by atoms with van der Waals surface area (Å²) in [5, 5.41) is 8.89. The second-order valence-electron chi connectivity index (χ2n) is 5.83.